The molecule has 9 nitrogen and oxygen atoms in total. The minimum absolute atomic E-state index is 0.149. The molecule has 0 unspecified atom stereocenters. The van der Waals surface area contributed by atoms with Crippen LogP contribution in [0.1, 0.15) is 12.8 Å². The molecule has 3 aromatic rings. The van der Waals surface area contributed by atoms with Crippen molar-refractivity contribution < 1.29 is 4.74 Å². The Morgan fingerprint density at radius 3 is 3.00 bits per heavy atom. The lowest BCUT2D eigenvalue weighted by atomic mass is 10.2. The summed E-state index contributed by atoms with van der Waals surface area (Å²) in [6, 6.07) is 7.15. The number of nitrogens with zero attached hydrogens (tertiary/aromatic N) is 7. The minimum Gasteiger partial charge on any atom is -0.376 e. The van der Waals surface area contributed by atoms with Crippen molar-refractivity contribution in [3.63, 3.8) is 0 Å². The summed E-state index contributed by atoms with van der Waals surface area (Å²) in [6.07, 6.45) is 2.23. The van der Waals surface area contributed by atoms with Crippen molar-refractivity contribution in [2.45, 2.75) is 36.5 Å². The maximum atomic E-state index is 12.4. The van der Waals surface area contributed by atoms with Gasteiger partial charge in [0.25, 0.3) is 5.56 Å². The Kier molecular flexibility index (Phi) is 4.22. The Bertz CT molecular complexity index is 903. The molecule has 0 saturated carbocycles. The highest BCUT2D eigenvalue weighted by atomic mass is 32.2. The third kappa shape index (κ3) is 3.02. The van der Waals surface area contributed by atoms with E-state index >= 15 is 0 Å². The largest absolute Gasteiger partial charge is 0.376 e. The van der Waals surface area contributed by atoms with Gasteiger partial charge in [0.1, 0.15) is 5.52 Å². The van der Waals surface area contributed by atoms with Gasteiger partial charge in [-0.25, -0.2) is 4.68 Å². The quantitative estimate of drug-likeness (QED) is 0.623. The van der Waals surface area contributed by atoms with E-state index in [0.717, 1.165) is 19.4 Å². The summed E-state index contributed by atoms with van der Waals surface area (Å²) in [4.78, 5) is 12.4. The fourth-order valence-electron chi connectivity index (χ4n) is 2.62. The van der Waals surface area contributed by atoms with Crippen molar-refractivity contribution >= 4 is 22.7 Å². The maximum Gasteiger partial charge on any atom is 0.278 e. The fraction of sp³-hybridized carbons (Fsp3) is 0.429. The SMILES string of the molecule is O=c1c2ccccc2nnn1CSc1nnnn1C[C@H]1CCCO1. The number of ether oxygens (including phenoxy) is 1. The van der Waals surface area contributed by atoms with Gasteiger partial charge in [-0.05, 0) is 35.4 Å². The predicted molar refractivity (Wildman–Crippen MR) is 86.4 cm³/mol. The van der Waals surface area contributed by atoms with Gasteiger partial charge in [0.05, 0.1) is 23.9 Å². The van der Waals surface area contributed by atoms with E-state index in [9.17, 15) is 4.79 Å². The van der Waals surface area contributed by atoms with E-state index in [-0.39, 0.29) is 11.7 Å². The van der Waals surface area contributed by atoms with E-state index in [1.807, 2.05) is 12.1 Å². The number of hydrogen-bond acceptors (Lipinski definition) is 8. The first-order valence-corrected chi connectivity index (χ1v) is 8.63. The second kappa shape index (κ2) is 6.65. The highest BCUT2D eigenvalue weighted by molar-refractivity contribution is 7.98. The molecule has 1 aromatic carbocycles. The van der Waals surface area contributed by atoms with Crippen LogP contribution in [0.25, 0.3) is 10.9 Å². The lowest BCUT2D eigenvalue weighted by molar-refractivity contribution is 0.0911. The first-order valence-electron chi connectivity index (χ1n) is 7.64. The molecule has 0 N–H and O–H groups in total. The summed E-state index contributed by atoms with van der Waals surface area (Å²) in [5, 5.41) is 20.9. The Morgan fingerprint density at radius 1 is 1.21 bits per heavy atom. The molecule has 0 spiro atoms. The third-order valence-electron chi connectivity index (χ3n) is 3.84. The number of fused-ring (bicyclic) bond motifs is 1. The normalized spacial score (nSPS) is 17.6. The van der Waals surface area contributed by atoms with Crippen molar-refractivity contribution in [1.82, 2.24) is 35.2 Å². The first-order chi connectivity index (χ1) is 11.8. The molecule has 1 fully saturated rings. The predicted octanol–water partition coefficient (Wildman–Crippen LogP) is 0.707. The molecular formula is C14H15N7O2S. The summed E-state index contributed by atoms with van der Waals surface area (Å²) in [5.41, 5.74) is 0.415. The number of tetrazole rings is 1. The molecular weight excluding hydrogens is 330 g/mol. The summed E-state index contributed by atoms with van der Waals surface area (Å²) in [7, 11) is 0. The number of rotatable bonds is 5. The maximum absolute atomic E-state index is 12.4. The molecule has 0 radical (unpaired) electrons. The van der Waals surface area contributed by atoms with Gasteiger partial charge in [-0.1, -0.05) is 29.1 Å². The monoisotopic (exact) mass is 345 g/mol. The number of thioether (sulfide) groups is 1. The van der Waals surface area contributed by atoms with Crippen LogP contribution in [-0.2, 0) is 17.2 Å². The molecule has 1 aliphatic heterocycles. The van der Waals surface area contributed by atoms with Gasteiger partial charge in [0, 0.05) is 6.61 Å². The average Bonchev–Trinajstić information content (AvgIpc) is 3.27. The lowest BCUT2D eigenvalue weighted by Gasteiger charge is -2.10. The van der Waals surface area contributed by atoms with E-state index in [1.165, 1.54) is 16.4 Å². The van der Waals surface area contributed by atoms with Gasteiger partial charge < -0.3 is 4.74 Å². The zero-order chi connectivity index (χ0) is 16.4. The highest BCUT2D eigenvalue weighted by Gasteiger charge is 2.19. The van der Waals surface area contributed by atoms with Crippen LogP contribution in [0.15, 0.2) is 34.2 Å². The molecule has 0 amide bonds. The van der Waals surface area contributed by atoms with E-state index in [0.29, 0.717) is 28.5 Å². The smallest absolute Gasteiger partial charge is 0.278 e. The minimum atomic E-state index is -0.175. The summed E-state index contributed by atoms with van der Waals surface area (Å²) in [6.45, 7) is 1.41. The van der Waals surface area contributed by atoms with Crippen LogP contribution in [0, 0.1) is 0 Å². The summed E-state index contributed by atoms with van der Waals surface area (Å²) >= 11 is 1.34. The van der Waals surface area contributed by atoms with Crippen LogP contribution >= 0.6 is 11.8 Å². The standard InChI is InChI=1S/C14H15N7O2S/c22-13-11-5-1-2-6-12(11)15-18-21(13)9-24-14-16-17-19-20(14)8-10-4-3-7-23-10/h1-2,5-6,10H,3-4,7-9H2/t10-/m1/s1. The highest BCUT2D eigenvalue weighted by Crippen LogP contribution is 2.19. The lowest BCUT2D eigenvalue weighted by Crippen LogP contribution is -2.23. The van der Waals surface area contributed by atoms with Gasteiger partial charge in [-0.15, -0.1) is 10.2 Å². The first kappa shape index (κ1) is 15.2. The van der Waals surface area contributed by atoms with Crippen LogP contribution in [-0.4, -0.2) is 47.9 Å². The van der Waals surface area contributed by atoms with Gasteiger partial charge in [-0.2, -0.15) is 4.68 Å². The molecule has 0 bridgehead atoms. The second-order valence-corrected chi connectivity index (χ2v) is 6.38. The second-order valence-electron chi connectivity index (χ2n) is 5.46. The van der Waals surface area contributed by atoms with E-state index in [4.69, 9.17) is 4.74 Å². The molecule has 0 aliphatic carbocycles. The topological polar surface area (TPSA) is 101 Å². The van der Waals surface area contributed by atoms with Crippen molar-refractivity contribution in [2.75, 3.05) is 6.61 Å². The van der Waals surface area contributed by atoms with Gasteiger partial charge >= 0.3 is 0 Å². The summed E-state index contributed by atoms with van der Waals surface area (Å²) < 4.78 is 8.63. The third-order valence-corrected chi connectivity index (χ3v) is 4.77. The Morgan fingerprint density at radius 2 is 2.12 bits per heavy atom. The molecule has 1 aliphatic rings. The molecule has 1 atom stereocenters. The molecule has 10 heteroatoms. The number of aromatic nitrogens is 7. The van der Waals surface area contributed by atoms with E-state index in [2.05, 4.69) is 25.8 Å². The van der Waals surface area contributed by atoms with Gasteiger partial charge in [0.15, 0.2) is 0 Å². The van der Waals surface area contributed by atoms with Crippen molar-refractivity contribution in [3.8, 4) is 0 Å². The van der Waals surface area contributed by atoms with Crippen LogP contribution in [0.5, 0.6) is 0 Å². The molecule has 2 aromatic heterocycles. The van der Waals surface area contributed by atoms with Crippen molar-refractivity contribution in [1.29, 1.82) is 0 Å². The van der Waals surface area contributed by atoms with Crippen LogP contribution in [0.4, 0.5) is 0 Å². The van der Waals surface area contributed by atoms with Gasteiger partial charge in [-0.3, -0.25) is 4.79 Å². The van der Waals surface area contributed by atoms with E-state index in [1.54, 1.807) is 16.8 Å². The Labute approximate surface area is 141 Å². The average molecular weight is 345 g/mol. The fourth-order valence-corrected chi connectivity index (χ4v) is 3.38. The number of hydrogen-bond donors (Lipinski definition) is 0. The summed E-state index contributed by atoms with van der Waals surface area (Å²) in [5.74, 6) is 0.294. The van der Waals surface area contributed by atoms with Crippen LogP contribution in [0.3, 0.4) is 0 Å². The molecule has 24 heavy (non-hydrogen) atoms. The molecule has 3 heterocycles. The number of benzene rings is 1. The molecule has 124 valence electrons. The van der Waals surface area contributed by atoms with Gasteiger partial charge in [0.2, 0.25) is 5.16 Å². The van der Waals surface area contributed by atoms with Crippen LogP contribution < -0.4 is 5.56 Å². The van der Waals surface area contributed by atoms with Crippen molar-refractivity contribution in [3.05, 3.63) is 34.6 Å². The Balaban J connectivity index is 1.50. The molecule has 1 saturated heterocycles. The Hall–Kier alpha value is -2.33. The molecule has 4 rings (SSSR count). The zero-order valence-corrected chi connectivity index (χ0v) is 13.6. The van der Waals surface area contributed by atoms with E-state index < -0.39 is 0 Å². The zero-order valence-electron chi connectivity index (χ0n) is 12.8. The van der Waals surface area contributed by atoms with Crippen molar-refractivity contribution in [2.24, 2.45) is 0 Å². The van der Waals surface area contributed by atoms with Crippen LogP contribution in [0.2, 0.25) is 0 Å².